The molecule has 1 aromatic rings. The van der Waals surface area contributed by atoms with Crippen LogP contribution in [0.2, 0.25) is 0 Å². The standard InChI is InChI=1S/C15H22N2O2/c1-3-4-5-11-17(2)15(18)10-12-19-14-8-6-13(16)7-9-14/h3,6-9H,1,4-5,10-12,16H2,2H3. The summed E-state index contributed by atoms with van der Waals surface area (Å²) in [6, 6.07) is 7.15. The molecule has 19 heavy (non-hydrogen) atoms. The molecule has 0 unspecified atom stereocenters. The number of amides is 1. The Balaban J connectivity index is 2.22. The van der Waals surface area contributed by atoms with Gasteiger partial charge >= 0.3 is 0 Å². The van der Waals surface area contributed by atoms with Crippen molar-refractivity contribution in [3.63, 3.8) is 0 Å². The summed E-state index contributed by atoms with van der Waals surface area (Å²) in [5.41, 5.74) is 6.28. The minimum absolute atomic E-state index is 0.0968. The van der Waals surface area contributed by atoms with E-state index in [0.717, 1.165) is 25.1 Å². The molecule has 104 valence electrons. The van der Waals surface area contributed by atoms with Crippen LogP contribution in [0.25, 0.3) is 0 Å². The second-order valence-electron chi connectivity index (χ2n) is 4.41. The number of hydrogen-bond acceptors (Lipinski definition) is 3. The molecule has 0 aliphatic rings. The molecule has 4 heteroatoms. The third-order valence-electron chi connectivity index (χ3n) is 2.79. The highest BCUT2D eigenvalue weighted by Crippen LogP contribution is 2.13. The molecule has 0 bridgehead atoms. The maximum Gasteiger partial charge on any atom is 0.225 e. The zero-order chi connectivity index (χ0) is 14.1. The molecule has 0 saturated heterocycles. The fourth-order valence-electron chi connectivity index (χ4n) is 1.61. The van der Waals surface area contributed by atoms with Gasteiger partial charge in [0.2, 0.25) is 5.91 Å². The predicted molar refractivity (Wildman–Crippen MR) is 78.0 cm³/mol. The van der Waals surface area contributed by atoms with E-state index in [1.165, 1.54) is 0 Å². The topological polar surface area (TPSA) is 55.6 Å². The summed E-state index contributed by atoms with van der Waals surface area (Å²) in [5.74, 6) is 0.829. The number of allylic oxidation sites excluding steroid dienone is 1. The van der Waals surface area contributed by atoms with Crippen LogP contribution in [-0.4, -0.2) is 31.0 Å². The van der Waals surface area contributed by atoms with Gasteiger partial charge in [-0.3, -0.25) is 4.79 Å². The lowest BCUT2D eigenvalue weighted by molar-refractivity contribution is -0.130. The molecule has 0 radical (unpaired) electrons. The SMILES string of the molecule is C=CCCCN(C)C(=O)CCOc1ccc(N)cc1. The summed E-state index contributed by atoms with van der Waals surface area (Å²) < 4.78 is 5.49. The van der Waals surface area contributed by atoms with E-state index in [0.29, 0.717) is 18.7 Å². The Morgan fingerprint density at radius 1 is 1.42 bits per heavy atom. The number of ether oxygens (including phenoxy) is 1. The fraction of sp³-hybridized carbons (Fsp3) is 0.400. The summed E-state index contributed by atoms with van der Waals surface area (Å²) in [6.07, 6.45) is 4.13. The van der Waals surface area contributed by atoms with Crippen molar-refractivity contribution in [1.29, 1.82) is 0 Å². The average Bonchev–Trinajstić information content (AvgIpc) is 2.41. The Labute approximate surface area is 114 Å². The smallest absolute Gasteiger partial charge is 0.225 e. The summed E-state index contributed by atoms with van der Waals surface area (Å²) in [7, 11) is 1.81. The average molecular weight is 262 g/mol. The molecule has 2 N–H and O–H groups in total. The van der Waals surface area contributed by atoms with Crippen LogP contribution in [0.4, 0.5) is 5.69 Å². The highest BCUT2D eigenvalue weighted by atomic mass is 16.5. The van der Waals surface area contributed by atoms with E-state index in [1.54, 1.807) is 29.2 Å². The summed E-state index contributed by atoms with van der Waals surface area (Å²) >= 11 is 0. The van der Waals surface area contributed by atoms with Crippen molar-refractivity contribution < 1.29 is 9.53 Å². The van der Waals surface area contributed by atoms with Crippen LogP contribution in [-0.2, 0) is 4.79 Å². The van der Waals surface area contributed by atoms with E-state index in [4.69, 9.17) is 10.5 Å². The van der Waals surface area contributed by atoms with Crippen molar-refractivity contribution in [1.82, 2.24) is 4.90 Å². The third-order valence-corrected chi connectivity index (χ3v) is 2.79. The van der Waals surface area contributed by atoms with Gasteiger partial charge in [-0.15, -0.1) is 6.58 Å². The number of unbranched alkanes of at least 4 members (excludes halogenated alkanes) is 1. The Kier molecular flexibility index (Phi) is 6.50. The third kappa shape index (κ3) is 5.95. The molecule has 1 rings (SSSR count). The number of carbonyl (C=O) groups is 1. The zero-order valence-corrected chi connectivity index (χ0v) is 11.5. The molecule has 1 aromatic carbocycles. The Morgan fingerprint density at radius 3 is 2.74 bits per heavy atom. The number of nitrogens with zero attached hydrogens (tertiary/aromatic N) is 1. The van der Waals surface area contributed by atoms with Crippen molar-refractivity contribution in [2.24, 2.45) is 0 Å². The second-order valence-corrected chi connectivity index (χ2v) is 4.41. The summed E-state index contributed by atoms with van der Waals surface area (Å²) in [4.78, 5) is 13.5. The van der Waals surface area contributed by atoms with Crippen molar-refractivity contribution in [3.05, 3.63) is 36.9 Å². The first-order valence-electron chi connectivity index (χ1n) is 6.46. The Morgan fingerprint density at radius 2 is 2.11 bits per heavy atom. The molecule has 4 nitrogen and oxygen atoms in total. The number of anilines is 1. The van der Waals surface area contributed by atoms with Gasteiger partial charge in [0.05, 0.1) is 13.0 Å². The monoisotopic (exact) mass is 262 g/mol. The molecule has 0 atom stereocenters. The maximum absolute atomic E-state index is 11.8. The van der Waals surface area contributed by atoms with Gasteiger partial charge in [0.15, 0.2) is 0 Å². The number of hydrogen-bond donors (Lipinski definition) is 1. The first kappa shape index (κ1) is 15.1. The van der Waals surface area contributed by atoms with E-state index in [2.05, 4.69) is 6.58 Å². The van der Waals surface area contributed by atoms with Crippen LogP contribution in [0, 0.1) is 0 Å². The van der Waals surface area contributed by atoms with Crippen molar-refractivity contribution in [2.75, 3.05) is 25.9 Å². The van der Waals surface area contributed by atoms with Crippen molar-refractivity contribution >= 4 is 11.6 Å². The van der Waals surface area contributed by atoms with Gasteiger partial charge in [0.25, 0.3) is 0 Å². The normalized spacial score (nSPS) is 9.95. The number of rotatable bonds is 8. The molecule has 0 saturated carbocycles. The quantitative estimate of drug-likeness (QED) is 0.445. The first-order chi connectivity index (χ1) is 9.13. The van der Waals surface area contributed by atoms with Crippen LogP contribution in [0.3, 0.4) is 0 Å². The highest BCUT2D eigenvalue weighted by molar-refractivity contribution is 5.75. The molecule has 1 amide bonds. The maximum atomic E-state index is 11.8. The van der Waals surface area contributed by atoms with Crippen LogP contribution < -0.4 is 10.5 Å². The Bertz CT molecular complexity index is 401. The van der Waals surface area contributed by atoms with E-state index in [9.17, 15) is 4.79 Å². The van der Waals surface area contributed by atoms with Crippen LogP contribution >= 0.6 is 0 Å². The van der Waals surface area contributed by atoms with E-state index < -0.39 is 0 Å². The lowest BCUT2D eigenvalue weighted by Crippen LogP contribution is -2.28. The fourth-order valence-corrected chi connectivity index (χ4v) is 1.61. The first-order valence-corrected chi connectivity index (χ1v) is 6.46. The van der Waals surface area contributed by atoms with Gasteiger partial charge in [-0.1, -0.05) is 6.08 Å². The van der Waals surface area contributed by atoms with E-state index in [1.807, 2.05) is 13.1 Å². The number of carbonyl (C=O) groups excluding carboxylic acids is 1. The van der Waals surface area contributed by atoms with Gasteiger partial charge in [-0.25, -0.2) is 0 Å². The van der Waals surface area contributed by atoms with Gasteiger partial charge in [-0.05, 0) is 37.1 Å². The molecule has 0 fully saturated rings. The molecular formula is C15H22N2O2. The predicted octanol–water partition coefficient (Wildman–Crippen LogP) is 2.46. The molecule has 0 aliphatic carbocycles. The van der Waals surface area contributed by atoms with Crippen LogP contribution in [0.1, 0.15) is 19.3 Å². The van der Waals surface area contributed by atoms with E-state index in [-0.39, 0.29) is 5.91 Å². The number of nitrogen functional groups attached to an aromatic ring is 1. The molecule has 0 spiro atoms. The molecular weight excluding hydrogens is 240 g/mol. The van der Waals surface area contributed by atoms with Crippen molar-refractivity contribution in [3.8, 4) is 5.75 Å². The molecule has 0 aliphatic heterocycles. The summed E-state index contributed by atoms with van der Waals surface area (Å²) in [6.45, 7) is 4.80. The minimum atomic E-state index is 0.0968. The highest BCUT2D eigenvalue weighted by Gasteiger charge is 2.07. The van der Waals surface area contributed by atoms with Gasteiger partial charge in [0, 0.05) is 19.3 Å². The van der Waals surface area contributed by atoms with Gasteiger partial charge in [0.1, 0.15) is 5.75 Å². The summed E-state index contributed by atoms with van der Waals surface area (Å²) in [5, 5.41) is 0. The van der Waals surface area contributed by atoms with Crippen LogP contribution in [0.15, 0.2) is 36.9 Å². The van der Waals surface area contributed by atoms with Gasteiger partial charge in [-0.2, -0.15) is 0 Å². The van der Waals surface area contributed by atoms with Crippen molar-refractivity contribution in [2.45, 2.75) is 19.3 Å². The van der Waals surface area contributed by atoms with E-state index >= 15 is 0 Å². The minimum Gasteiger partial charge on any atom is -0.493 e. The van der Waals surface area contributed by atoms with Crippen LogP contribution in [0.5, 0.6) is 5.75 Å². The lowest BCUT2D eigenvalue weighted by atomic mass is 10.3. The number of nitrogens with two attached hydrogens (primary N) is 1. The molecule has 0 heterocycles. The second kappa shape index (κ2) is 8.19. The largest absolute Gasteiger partial charge is 0.493 e. The Hall–Kier alpha value is -1.97. The lowest BCUT2D eigenvalue weighted by Gasteiger charge is -2.16. The van der Waals surface area contributed by atoms with Gasteiger partial charge < -0.3 is 15.4 Å². The molecule has 0 aromatic heterocycles. The number of benzene rings is 1. The zero-order valence-electron chi connectivity index (χ0n) is 11.5.